The number of rotatable bonds is 5. The molecule has 1 saturated carbocycles. The fourth-order valence-corrected chi connectivity index (χ4v) is 3.20. The summed E-state index contributed by atoms with van der Waals surface area (Å²) in [6.07, 6.45) is 3.47. The topological polar surface area (TPSA) is 74.1 Å². The van der Waals surface area contributed by atoms with Crippen LogP contribution >= 0.6 is 0 Å². The predicted molar refractivity (Wildman–Crippen MR) is 66.1 cm³/mol. The van der Waals surface area contributed by atoms with Gasteiger partial charge >= 0.3 is 0 Å². The molecule has 2 rings (SSSR count). The molecule has 1 aromatic heterocycles. The predicted octanol–water partition coefficient (Wildman–Crippen LogP) is 1.37. The fourth-order valence-electron chi connectivity index (χ4n) is 1.73. The van der Waals surface area contributed by atoms with Gasteiger partial charge in [-0.2, -0.15) is 9.57 Å². The van der Waals surface area contributed by atoms with Gasteiger partial charge in [0.15, 0.2) is 0 Å². The first-order valence-electron chi connectivity index (χ1n) is 5.94. The van der Waals surface area contributed by atoms with Crippen molar-refractivity contribution in [2.24, 2.45) is 5.92 Å². The third-order valence-electron chi connectivity index (χ3n) is 3.00. The van der Waals surface area contributed by atoms with Crippen LogP contribution in [0.5, 0.6) is 0 Å². The molecule has 0 spiro atoms. The summed E-state index contributed by atoms with van der Waals surface area (Å²) in [4.78, 5) is 3.96. The van der Waals surface area contributed by atoms with E-state index >= 15 is 0 Å². The number of pyridine rings is 1. The van der Waals surface area contributed by atoms with Crippen molar-refractivity contribution in [3.05, 3.63) is 24.0 Å². The highest BCUT2D eigenvalue weighted by Gasteiger charge is 2.30. The van der Waals surface area contributed by atoms with Gasteiger partial charge in [0.1, 0.15) is 16.7 Å². The van der Waals surface area contributed by atoms with Crippen LogP contribution in [-0.4, -0.2) is 30.8 Å². The third-order valence-corrected chi connectivity index (χ3v) is 4.92. The zero-order valence-corrected chi connectivity index (χ0v) is 11.0. The molecular weight excluding hydrogens is 250 g/mol. The van der Waals surface area contributed by atoms with Gasteiger partial charge in [-0.25, -0.2) is 13.4 Å². The fraction of sp³-hybridized carbons (Fsp3) is 0.500. The molecule has 0 N–H and O–H groups in total. The first kappa shape index (κ1) is 13.0. The monoisotopic (exact) mass is 265 g/mol. The molecule has 18 heavy (non-hydrogen) atoms. The molecule has 0 unspecified atom stereocenters. The molecule has 0 atom stereocenters. The smallest absolute Gasteiger partial charge is 0.244 e. The van der Waals surface area contributed by atoms with Crippen LogP contribution in [0.15, 0.2) is 23.2 Å². The average Bonchev–Trinajstić information content (AvgIpc) is 3.19. The van der Waals surface area contributed by atoms with E-state index in [1.54, 1.807) is 0 Å². The summed E-state index contributed by atoms with van der Waals surface area (Å²) < 4.78 is 26.1. The first-order chi connectivity index (χ1) is 8.57. The number of sulfonamides is 1. The van der Waals surface area contributed by atoms with E-state index in [0.717, 1.165) is 12.8 Å². The number of hydrogen-bond donors (Lipinski definition) is 0. The molecule has 0 aromatic carbocycles. The van der Waals surface area contributed by atoms with Gasteiger partial charge in [0.25, 0.3) is 0 Å². The van der Waals surface area contributed by atoms with Crippen LogP contribution in [0.25, 0.3) is 0 Å². The van der Waals surface area contributed by atoms with E-state index in [-0.39, 0.29) is 10.6 Å². The van der Waals surface area contributed by atoms with E-state index in [4.69, 9.17) is 5.26 Å². The van der Waals surface area contributed by atoms with Gasteiger partial charge in [-0.1, -0.05) is 6.92 Å². The highest BCUT2D eigenvalue weighted by molar-refractivity contribution is 7.89. The van der Waals surface area contributed by atoms with Crippen molar-refractivity contribution < 1.29 is 8.42 Å². The minimum absolute atomic E-state index is 0.156. The average molecular weight is 265 g/mol. The quantitative estimate of drug-likeness (QED) is 0.806. The summed E-state index contributed by atoms with van der Waals surface area (Å²) >= 11 is 0. The minimum atomic E-state index is -3.47. The van der Waals surface area contributed by atoms with Crippen molar-refractivity contribution in [2.45, 2.75) is 24.7 Å². The molecule has 0 aliphatic heterocycles. The summed E-state index contributed by atoms with van der Waals surface area (Å²) in [6, 6.07) is 4.74. The van der Waals surface area contributed by atoms with Crippen LogP contribution in [0.1, 0.15) is 25.5 Å². The Bertz CT molecular complexity index is 556. The van der Waals surface area contributed by atoms with Gasteiger partial charge in [-0.15, -0.1) is 0 Å². The van der Waals surface area contributed by atoms with E-state index in [9.17, 15) is 8.42 Å². The Hall–Kier alpha value is -1.45. The third kappa shape index (κ3) is 2.68. The van der Waals surface area contributed by atoms with Gasteiger partial charge in [0.2, 0.25) is 10.0 Å². The van der Waals surface area contributed by atoms with E-state index in [1.165, 1.54) is 22.6 Å². The van der Waals surface area contributed by atoms with Crippen molar-refractivity contribution in [3.63, 3.8) is 0 Å². The maximum atomic E-state index is 12.3. The molecule has 1 heterocycles. The number of nitriles is 1. The Morgan fingerprint density at radius 3 is 2.67 bits per heavy atom. The van der Waals surface area contributed by atoms with Gasteiger partial charge in [-0.3, -0.25) is 0 Å². The van der Waals surface area contributed by atoms with Crippen molar-refractivity contribution in [2.75, 3.05) is 13.1 Å². The highest BCUT2D eigenvalue weighted by atomic mass is 32.2. The largest absolute Gasteiger partial charge is 0.244 e. The maximum Gasteiger partial charge on any atom is 0.244 e. The molecule has 1 aliphatic rings. The van der Waals surface area contributed by atoms with Crippen LogP contribution in [0, 0.1) is 17.2 Å². The van der Waals surface area contributed by atoms with Crippen molar-refractivity contribution in [1.82, 2.24) is 9.29 Å². The minimum Gasteiger partial charge on any atom is -0.244 e. The summed E-state index contributed by atoms with van der Waals surface area (Å²) in [5.74, 6) is 0.506. The highest BCUT2D eigenvalue weighted by Crippen LogP contribution is 2.31. The first-order valence-corrected chi connectivity index (χ1v) is 7.38. The molecule has 0 saturated heterocycles. The summed E-state index contributed by atoms with van der Waals surface area (Å²) in [5, 5.41) is 8.64. The van der Waals surface area contributed by atoms with E-state index in [1.807, 2.05) is 13.0 Å². The van der Waals surface area contributed by atoms with Crippen molar-refractivity contribution in [3.8, 4) is 6.07 Å². The zero-order chi connectivity index (χ0) is 13.2. The van der Waals surface area contributed by atoms with Crippen LogP contribution in [0.3, 0.4) is 0 Å². The second-order valence-corrected chi connectivity index (χ2v) is 6.33. The lowest BCUT2D eigenvalue weighted by atomic mass is 10.4. The Morgan fingerprint density at radius 1 is 1.50 bits per heavy atom. The Kier molecular flexibility index (Phi) is 3.64. The molecule has 1 aliphatic carbocycles. The van der Waals surface area contributed by atoms with E-state index in [0.29, 0.717) is 19.0 Å². The zero-order valence-electron chi connectivity index (χ0n) is 10.2. The van der Waals surface area contributed by atoms with Crippen molar-refractivity contribution >= 4 is 10.0 Å². The molecule has 6 heteroatoms. The Balaban J connectivity index is 2.24. The standard InChI is InChI=1S/C12H15N3O2S/c1-2-15(9-10-3-4-10)18(16,17)12-6-5-11(7-13)14-8-12/h5-6,8,10H,2-4,9H2,1H3. The van der Waals surface area contributed by atoms with E-state index in [2.05, 4.69) is 4.98 Å². The second-order valence-electron chi connectivity index (χ2n) is 4.39. The lowest BCUT2D eigenvalue weighted by Gasteiger charge is -2.19. The van der Waals surface area contributed by atoms with Gasteiger partial charge in [-0.05, 0) is 30.9 Å². The molecular formula is C12H15N3O2S. The summed E-state index contributed by atoms with van der Waals surface area (Å²) in [7, 11) is -3.47. The molecule has 96 valence electrons. The maximum absolute atomic E-state index is 12.3. The normalized spacial score (nSPS) is 15.6. The van der Waals surface area contributed by atoms with Crippen LogP contribution < -0.4 is 0 Å². The van der Waals surface area contributed by atoms with Gasteiger partial charge in [0.05, 0.1) is 0 Å². The molecule has 1 aromatic rings. The number of aromatic nitrogens is 1. The summed E-state index contributed by atoms with van der Waals surface area (Å²) in [5.41, 5.74) is 0.221. The lowest BCUT2D eigenvalue weighted by Crippen LogP contribution is -2.32. The Labute approximate surface area is 107 Å². The van der Waals surface area contributed by atoms with Crippen LogP contribution in [-0.2, 0) is 10.0 Å². The number of hydrogen-bond acceptors (Lipinski definition) is 4. The van der Waals surface area contributed by atoms with E-state index < -0.39 is 10.0 Å². The van der Waals surface area contributed by atoms with Crippen molar-refractivity contribution in [1.29, 1.82) is 5.26 Å². The summed E-state index contributed by atoms with van der Waals surface area (Å²) in [6.45, 7) is 2.87. The number of nitrogens with zero attached hydrogens (tertiary/aromatic N) is 3. The molecule has 0 bridgehead atoms. The SMILES string of the molecule is CCN(CC1CC1)S(=O)(=O)c1ccc(C#N)nc1. The molecule has 0 amide bonds. The van der Waals surface area contributed by atoms with Crippen LogP contribution in [0.4, 0.5) is 0 Å². The molecule has 5 nitrogen and oxygen atoms in total. The Morgan fingerprint density at radius 2 is 2.22 bits per heavy atom. The molecule has 0 radical (unpaired) electrons. The van der Waals surface area contributed by atoms with Gasteiger partial charge < -0.3 is 0 Å². The lowest BCUT2D eigenvalue weighted by molar-refractivity contribution is 0.412. The van der Waals surface area contributed by atoms with Gasteiger partial charge in [0, 0.05) is 19.3 Å². The molecule has 1 fully saturated rings. The van der Waals surface area contributed by atoms with Crippen LogP contribution in [0.2, 0.25) is 0 Å². The second kappa shape index (κ2) is 5.04.